The summed E-state index contributed by atoms with van der Waals surface area (Å²) in [5.74, 6) is 0.0608. The molecule has 88 valence electrons. The number of hydrogen-bond acceptors (Lipinski definition) is 5. The quantitative estimate of drug-likeness (QED) is 0.785. The van der Waals surface area contributed by atoms with Crippen LogP contribution in [0.4, 0.5) is 5.95 Å². The molecule has 7 heteroatoms. The van der Waals surface area contributed by atoms with Crippen LogP contribution in [-0.4, -0.2) is 24.4 Å². The van der Waals surface area contributed by atoms with Gasteiger partial charge in [0.2, 0.25) is 16.0 Å². The Morgan fingerprint density at radius 1 is 1.44 bits per heavy atom. The summed E-state index contributed by atoms with van der Waals surface area (Å²) in [7, 11) is -3.52. The molecule has 0 aliphatic heterocycles. The van der Waals surface area contributed by atoms with Gasteiger partial charge < -0.3 is 5.73 Å². The van der Waals surface area contributed by atoms with E-state index in [1.807, 2.05) is 13.8 Å². The SMILES string of the molecule is CC1(C)CC1NS(=O)(=O)c1cnc(N)nc1. The number of hydrogen-bond donors (Lipinski definition) is 2. The number of rotatable bonds is 3. The maximum Gasteiger partial charge on any atom is 0.243 e. The van der Waals surface area contributed by atoms with Crippen LogP contribution in [0.1, 0.15) is 20.3 Å². The van der Waals surface area contributed by atoms with Gasteiger partial charge in [-0.05, 0) is 11.8 Å². The lowest BCUT2D eigenvalue weighted by atomic mass is 10.2. The highest BCUT2D eigenvalue weighted by Crippen LogP contribution is 2.45. The van der Waals surface area contributed by atoms with Gasteiger partial charge in [-0.1, -0.05) is 13.8 Å². The van der Waals surface area contributed by atoms with Gasteiger partial charge in [0, 0.05) is 6.04 Å². The van der Waals surface area contributed by atoms with Crippen molar-refractivity contribution in [1.82, 2.24) is 14.7 Å². The lowest BCUT2D eigenvalue weighted by Crippen LogP contribution is -2.28. The van der Waals surface area contributed by atoms with E-state index >= 15 is 0 Å². The number of nitrogen functional groups attached to an aromatic ring is 1. The number of sulfonamides is 1. The Bertz CT molecular complexity index is 495. The second-order valence-corrected chi connectivity index (χ2v) is 6.36. The molecule has 3 N–H and O–H groups in total. The van der Waals surface area contributed by atoms with E-state index in [9.17, 15) is 8.42 Å². The van der Waals surface area contributed by atoms with Crippen LogP contribution in [0.25, 0.3) is 0 Å². The van der Waals surface area contributed by atoms with Crippen LogP contribution in [0.3, 0.4) is 0 Å². The van der Waals surface area contributed by atoms with E-state index in [-0.39, 0.29) is 22.3 Å². The van der Waals surface area contributed by atoms with Gasteiger partial charge in [-0.2, -0.15) is 0 Å². The molecule has 16 heavy (non-hydrogen) atoms. The molecule has 0 bridgehead atoms. The van der Waals surface area contributed by atoms with Gasteiger partial charge in [-0.25, -0.2) is 23.1 Å². The summed E-state index contributed by atoms with van der Waals surface area (Å²) in [6.45, 7) is 4.03. The van der Waals surface area contributed by atoms with E-state index in [0.717, 1.165) is 6.42 Å². The summed E-state index contributed by atoms with van der Waals surface area (Å²) >= 11 is 0. The highest BCUT2D eigenvalue weighted by atomic mass is 32.2. The molecule has 1 aromatic rings. The third kappa shape index (κ3) is 2.14. The van der Waals surface area contributed by atoms with E-state index < -0.39 is 10.0 Å². The highest BCUT2D eigenvalue weighted by Gasteiger charge is 2.47. The average molecular weight is 242 g/mol. The number of nitrogens with zero attached hydrogens (tertiary/aromatic N) is 2. The summed E-state index contributed by atoms with van der Waals surface area (Å²) in [5, 5.41) is 0. The lowest BCUT2D eigenvalue weighted by molar-refractivity contribution is 0.554. The summed E-state index contributed by atoms with van der Waals surface area (Å²) in [4.78, 5) is 7.36. The van der Waals surface area contributed by atoms with Crippen molar-refractivity contribution in [2.45, 2.75) is 31.2 Å². The molecule has 0 saturated heterocycles. The van der Waals surface area contributed by atoms with Crippen LogP contribution in [0, 0.1) is 5.41 Å². The van der Waals surface area contributed by atoms with E-state index in [4.69, 9.17) is 5.73 Å². The minimum absolute atomic E-state index is 0.00458. The maximum atomic E-state index is 11.8. The first-order chi connectivity index (χ1) is 7.31. The molecule has 1 fully saturated rings. The Labute approximate surface area is 94.3 Å². The van der Waals surface area contributed by atoms with Crippen LogP contribution in [-0.2, 0) is 10.0 Å². The van der Waals surface area contributed by atoms with Crippen molar-refractivity contribution in [3.63, 3.8) is 0 Å². The zero-order valence-electron chi connectivity index (χ0n) is 9.14. The van der Waals surface area contributed by atoms with Crippen LogP contribution in [0.15, 0.2) is 17.3 Å². The van der Waals surface area contributed by atoms with E-state index in [1.54, 1.807) is 0 Å². The zero-order valence-corrected chi connectivity index (χ0v) is 9.95. The molecule has 0 amide bonds. The van der Waals surface area contributed by atoms with Crippen molar-refractivity contribution in [3.8, 4) is 0 Å². The number of nitrogens with one attached hydrogen (secondary N) is 1. The van der Waals surface area contributed by atoms with Gasteiger partial charge in [0.15, 0.2) is 0 Å². The van der Waals surface area contributed by atoms with Crippen molar-refractivity contribution < 1.29 is 8.42 Å². The van der Waals surface area contributed by atoms with Gasteiger partial charge in [-0.15, -0.1) is 0 Å². The van der Waals surface area contributed by atoms with Gasteiger partial charge >= 0.3 is 0 Å². The van der Waals surface area contributed by atoms with Crippen LogP contribution in [0.5, 0.6) is 0 Å². The fourth-order valence-electron chi connectivity index (χ4n) is 1.39. The molecule has 2 rings (SSSR count). The second kappa shape index (κ2) is 3.39. The molecule has 1 saturated carbocycles. The van der Waals surface area contributed by atoms with Crippen LogP contribution >= 0.6 is 0 Å². The Morgan fingerprint density at radius 2 is 1.94 bits per heavy atom. The molecule has 1 unspecified atom stereocenters. The van der Waals surface area contributed by atoms with Crippen molar-refractivity contribution in [2.75, 3.05) is 5.73 Å². The standard InChI is InChI=1S/C9H14N4O2S/c1-9(2)3-7(9)13-16(14,15)6-4-11-8(10)12-5-6/h4-5,7,13H,3H2,1-2H3,(H2,10,11,12). The first-order valence-electron chi connectivity index (χ1n) is 4.91. The van der Waals surface area contributed by atoms with E-state index in [0.29, 0.717) is 0 Å². The first-order valence-corrected chi connectivity index (χ1v) is 6.39. The molecule has 6 nitrogen and oxygen atoms in total. The second-order valence-electron chi connectivity index (χ2n) is 4.64. The molecule has 0 radical (unpaired) electrons. The third-order valence-electron chi connectivity index (χ3n) is 2.77. The van der Waals surface area contributed by atoms with E-state index in [2.05, 4.69) is 14.7 Å². The number of nitrogens with two attached hydrogens (primary N) is 1. The predicted molar refractivity (Wildman–Crippen MR) is 59.0 cm³/mol. The molecule has 1 aliphatic carbocycles. The highest BCUT2D eigenvalue weighted by molar-refractivity contribution is 7.89. The summed E-state index contributed by atoms with van der Waals surface area (Å²) in [6, 6.07) is -0.00458. The fraction of sp³-hybridized carbons (Fsp3) is 0.556. The smallest absolute Gasteiger partial charge is 0.243 e. The van der Waals surface area contributed by atoms with Crippen LogP contribution in [0.2, 0.25) is 0 Å². The largest absolute Gasteiger partial charge is 0.368 e. The van der Waals surface area contributed by atoms with Crippen molar-refractivity contribution in [3.05, 3.63) is 12.4 Å². The predicted octanol–water partition coefficient (Wildman–Crippen LogP) is 0.136. The molecule has 0 spiro atoms. The van der Waals surface area contributed by atoms with Crippen molar-refractivity contribution >= 4 is 16.0 Å². The molecule has 1 atom stereocenters. The normalized spacial score (nSPS) is 23.0. The Hall–Kier alpha value is -1.21. The van der Waals surface area contributed by atoms with Crippen molar-refractivity contribution in [2.24, 2.45) is 5.41 Å². The maximum absolute atomic E-state index is 11.8. The third-order valence-corrected chi connectivity index (χ3v) is 4.20. The zero-order chi connectivity index (χ0) is 12.0. The minimum atomic E-state index is -3.52. The molecule has 1 aliphatic rings. The molecule has 0 aromatic carbocycles. The van der Waals surface area contributed by atoms with E-state index in [1.165, 1.54) is 12.4 Å². The van der Waals surface area contributed by atoms with Gasteiger partial charge in [0.05, 0.1) is 12.4 Å². The summed E-state index contributed by atoms with van der Waals surface area (Å²) in [6.07, 6.45) is 3.27. The van der Waals surface area contributed by atoms with Gasteiger partial charge in [0.25, 0.3) is 0 Å². The summed E-state index contributed by atoms with van der Waals surface area (Å²) < 4.78 is 26.3. The Kier molecular flexibility index (Phi) is 2.39. The average Bonchev–Trinajstić information content (AvgIpc) is 2.73. The van der Waals surface area contributed by atoms with Crippen molar-refractivity contribution in [1.29, 1.82) is 0 Å². The van der Waals surface area contributed by atoms with Gasteiger partial charge in [-0.3, -0.25) is 0 Å². The summed E-state index contributed by atoms with van der Waals surface area (Å²) in [5.41, 5.74) is 5.33. The monoisotopic (exact) mass is 242 g/mol. The topological polar surface area (TPSA) is 98.0 Å². The minimum Gasteiger partial charge on any atom is -0.368 e. The lowest BCUT2D eigenvalue weighted by Gasteiger charge is -2.07. The molecular formula is C9H14N4O2S. The molecular weight excluding hydrogens is 228 g/mol. The molecule has 1 aromatic heterocycles. The molecule has 1 heterocycles. The fourth-order valence-corrected chi connectivity index (χ4v) is 2.68. The number of aromatic nitrogens is 2. The Balaban J connectivity index is 2.17. The first kappa shape index (κ1) is 11.3. The Morgan fingerprint density at radius 3 is 2.38 bits per heavy atom. The van der Waals surface area contributed by atoms with Gasteiger partial charge in [0.1, 0.15) is 4.90 Å². The number of anilines is 1. The van der Waals surface area contributed by atoms with Crippen LogP contribution < -0.4 is 10.5 Å².